The van der Waals surface area contributed by atoms with Crippen molar-refractivity contribution in [3.05, 3.63) is 152 Å². The van der Waals surface area contributed by atoms with Crippen LogP contribution in [0.4, 0.5) is 0 Å². The van der Waals surface area contributed by atoms with Crippen LogP contribution in [0.2, 0.25) is 0 Å². The Balaban J connectivity index is 1.07. The highest BCUT2D eigenvalue weighted by atomic mass is 32.1. The first-order valence-electron chi connectivity index (χ1n) is 16.8. The van der Waals surface area contributed by atoms with E-state index in [1.54, 1.807) is 11.3 Å². The summed E-state index contributed by atoms with van der Waals surface area (Å²) < 4.78 is 11.6. The Morgan fingerprint density at radius 1 is 0.373 bits per heavy atom. The minimum absolute atomic E-state index is 0.606. The van der Waals surface area contributed by atoms with Gasteiger partial charge in [-0.25, -0.2) is 15.0 Å². The molecular formula is C45H25N3OS2. The maximum absolute atomic E-state index is 6.50. The molecule has 0 N–H and O–H groups in total. The lowest BCUT2D eigenvalue weighted by atomic mass is 10.0. The highest BCUT2D eigenvalue weighted by Gasteiger charge is 2.18. The van der Waals surface area contributed by atoms with Crippen molar-refractivity contribution >= 4 is 85.0 Å². The van der Waals surface area contributed by atoms with Crippen LogP contribution in [0.25, 0.3) is 108 Å². The van der Waals surface area contributed by atoms with Gasteiger partial charge in [-0.15, -0.1) is 22.7 Å². The lowest BCUT2D eigenvalue weighted by Crippen LogP contribution is -2.00. The third kappa shape index (κ3) is 4.54. The summed E-state index contributed by atoms with van der Waals surface area (Å²) in [5.41, 5.74) is 6.88. The molecule has 0 radical (unpaired) electrons. The van der Waals surface area contributed by atoms with E-state index in [4.69, 9.17) is 19.4 Å². The van der Waals surface area contributed by atoms with Gasteiger partial charge < -0.3 is 4.42 Å². The second kappa shape index (κ2) is 11.2. The second-order valence-corrected chi connectivity index (χ2v) is 14.9. The molecule has 0 atom stereocenters. The Bertz CT molecular complexity index is 3160. The van der Waals surface area contributed by atoms with Crippen molar-refractivity contribution in [2.75, 3.05) is 0 Å². The van der Waals surface area contributed by atoms with Gasteiger partial charge in [-0.2, -0.15) is 0 Å². The molecule has 0 fully saturated rings. The zero-order chi connectivity index (χ0) is 33.5. The van der Waals surface area contributed by atoms with Gasteiger partial charge in [0, 0.05) is 67.8 Å². The number of aromatic nitrogens is 3. The number of rotatable bonds is 4. The average Bonchev–Trinajstić information content (AvgIpc) is 3.88. The van der Waals surface area contributed by atoms with Gasteiger partial charge in [-0.1, -0.05) is 109 Å². The van der Waals surface area contributed by atoms with Gasteiger partial charge in [-0.05, 0) is 53.6 Å². The lowest BCUT2D eigenvalue weighted by molar-refractivity contribution is 0.669. The fourth-order valence-electron chi connectivity index (χ4n) is 7.36. The molecule has 0 amide bonds. The second-order valence-electron chi connectivity index (χ2n) is 12.8. The Kier molecular flexibility index (Phi) is 6.26. The Labute approximate surface area is 299 Å². The van der Waals surface area contributed by atoms with E-state index in [1.165, 1.54) is 51.5 Å². The fourth-order valence-corrected chi connectivity index (χ4v) is 9.73. The molecule has 0 unspecified atom stereocenters. The first-order valence-corrected chi connectivity index (χ1v) is 18.5. The maximum Gasteiger partial charge on any atom is 0.164 e. The zero-order valence-corrected chi connectivity index (χ0v) is 28.6. The zero-order valence-electron chi connectivity index (χ0n) is 27.0. The highest BCUT2D eigenvalue weighted by Crippen LogP contribution is 2.43. The Hall–Kier alpha value is -6.21. The van der Waals surface area contributed by atoms with E-state index in [2.05, 4.69) is 121 Å². The molecule has 0 bridgehead atoms. The van der Waals surface area contributed by atoms with Crippen LogP contribution in [0.5, 0.6) is 0 Å². The first-order chi connectivity index (χ1) is 25.2. The molecule has 0 saturated carbocycles. The molecule has 0 aliphatic carbocycles. The van der Waals surface area contributed by atoms with Gasteiger partial charge in [-0.3, -0.25) is 0 Å². The van der Waals surface area contributed by atoms with Gasteiger partial charge in [0.25, 0.3) is 0 Å². The number of nitrogens with zero attached hydrogens (tertiary/aromatic N) is 3. The molecule has 11 rings (SSSR count). The maximum atomic E-state index is 6.50. The van der Waals surface area contributed by atoms with Crippen LogP contribution in [-0.4, -0.2) is 15.0 Å². The summed E-state index contributed by atoms with van der Waals surface area (Å²) in [4.78, 5) is 15.2. The molecular weight excluding hydrogens is 663 g/mol. The first kappa shape index (κ1) is 28.6. The molecule has 4 heterocycles. The number of benzene rings is 7. The molecule has 6 heteroatoms. The summed E-state index contributed by atoms with van der Waals surface area (Å²) in [6, 6.07) is 53.1. The van der Waals surface area contributed by atoms with Crippen molar-refractivity contribution in [1.29, 1.82) is 0 Å². The molecule has 7 aromatic carbocycles. The normalized spacial score (nSPS) is 11.9. The average molecular weight is 688 g/mol. The highest BCUT2D eigenvalue weighted by molar-refractivity contribution is 7.26. The summed E-state index contributed by atoms with van der Waals surface area (Å²) in [6.45, 7) is 0. The van der Waals surface area contributed by atoms with Gasteiger partial charge in [0.05, 0.1) is 0 Å². The van der Waals surface area contributed by atoms with Crippen LogP contribution in [-0.2, 0) is 0 Å². The number of thiophene rings is 2. The van der Waals surface area contributed by atoms with Crippen LogP contribution >= 0.6 is 22.7 Å². The van der Waals surface area contributed by atoms with Crippen LogP contribution in [0.1, 0.15) is 0 Å². The summed E-state index contributed by atoms with van der Waals surface area (Å²) in [5, 5.41) is 7.13. The van der Waals surface area contributed by atoms with Gasteiger partial charge in [0.1, 0.15) is 11.2 Å². The predicted octanol–water partition coefficient (Wildman–Crippen LogP) is 13.2. The van der Waals surface area contributed by atoms with Gasteiger partial charge >= 0.3 is 0 Å². The number of furan rings is 1. The number of hydrogen-bond donors (Lipinski definition) is 0. The van der Waals surface area contributed by atoms with E-state index in [0.29, 0.717) is 17.5 Å². The largest absolute Gasteiger partial charge is 0.456 e. The van der Waals surface area contributed by atoms with Crippen LogP contribution in [0.15, 0.2) is 156 Å². The summed E-state index contributed by atoms with van der Waals surface area (Å²) in [7, 11) is 0. The molecule has 11 aromatic rings. The topological polar surface area (TPSA) is 51.8 Å². The lowest BCUT2D eigenvalue weighted by Gasteiger charge is -2.09. The third-order valence-corrected chi connectivity index (χ3v) is 12.1. The molecule has 0 spiro atoms. The quantitative estimate of drug-likeness (QED) is 0.185. The fraction of sp³-hybridized carbons (Fsp3) is 0. The van der Waals surface area contributed by atoms with E-state index in [0.717, 1.165) is 38.6 Å². The van der Waals surface area contributed by atoms with Crippen molar-refractivity contribution in [3.63, 3.8) is 0 Å². The third-order valence-electron chi connectivity index (χ3n) is 9.76. The van der Waals surface area contributed by atoms with Crippen LogP contribution in [0, 0.1) is 0 Å². The van der Waals surface area contributed by atoms with Crippen molar-refractivity contribution in [3.8, 4) is 45.3 Å². The minimum atomic E-state index is 0.606. The van der Waals surface area contributed by atoms with E-state index in [9.17, 15) is 0 Å². The Morgan fingerprint density at radius 2 is 1.04 bits per heavy atom. The van der Waals surface area contributed by atoms with Crippen molar-refractivity contribution in [2.45, 2.75) is 0 Å². The molecule has 238 valence electrons. The van der Waals surface area contributed by atoms with Crippen molar-refractivity contribution in [1.82, 2.24) is 15.0 Å². The van der Waals surface area contributed by atoms with E-state index >= 15 is 0 Å². The van der Waals surface area contributed by atoms with Gasteiger partial charge in [0.15, 0.2) is 17.5 Å². The number of fused-ring (bicyclic) bond motifs is 9. The molecule has 0 aliphatic rings. The summed E-state index contributed by atoms with van der Waals surface area (Å²) in [5.74, 6) is 1.89. The number of hydrogen-bond acceptors (Lipinski definition) is 6. The summed E-state index contributed by atoms with van der Waals surface area (Å²) in [6.07, 6.45) is 0. The molecule has 0 saturated heterocycles. The summed E-state index contributed by atoms with van der Waals surface area (Å²) >= 11 is 3.64. The molecule has 0 aliphatic heterocycles. The van der Waals surface area contributed by atoms with Crippen molar-refractivity contribution in [2.24, 2.45) is 0 Å². The standard InChI is InChI=1S/C45H25N3OS2/c1-2-10-26(11-3-1)43-46-44(48-45(47-43)34-16-9-19-40-41(34)33-13-5-7-18-39(33)50-40)28-20-22-30-35-24-27(21-23-36(35)49-37(30)25-28)29-14-8-15-32-31-12-4-6-17-38(31)51-42(29)32/h1-25H. The SMILES string of the molecule is c1ccc(-c2nc(-c3ccc4c(c3)oc3ccc(-c5cccc6c5sc5ccccc56)cc34)nc(-c3cccc4sc5ccccc5c34)n2)cc1. The molecule has 51 heavy (non-hydrogen) atoms. The molecule has 4 nitrogen and oxygen atoms in total. The minimum Gasteiger partial charge on any atom is -0.456 e. The van der Waals surface area contributed by atoms with Gasteiger partial charge in [0.2, 0.25) is 0 Å². The van der Waals surface area contributed by atoms with Crippen molar-refractivity contribution < 1.29 is 4.42 Å². The van der Waals surface area contributed by atoms with Crippen LogP contribution < -0.4 is 0 Å². The van der Waals surface area contributed by atoms with E-state index in [-0.39, 0.29) is 0 Å². The van der Waals surface area contributed by atoms with Crippen LogP contribution in [0.3, 0.4) is 0 Å². The molecule has 4 aromatic heterocycles. The van der Waals surface area contributed by atoms with E-state index in [1.807, 2.05) is 41.7 Å². The smallest absolute Gasteiger partial charge is 0.164 e. The predicted molar refractivity (Wildman–Crippen MR) is 215 cm³/mol. The monoisotopic (exact) mass is 687 g/mol. The van der Waals surface area contributed by atoms with E-state index < -0.39 is 0 Å². The Morgan fingerprint density at radius 3 is 1.92 bits per heavy atom.